The molecule has 0 aromatic heterocycles. The Morgan fingerprint density at radius 1 is 1.42 bits per heavy atom. The van der Waals surface area contributed by atoms with Gasteiger partial charge in [-0.1, -0.05) is 0 Å². The fraction of sp³-hybridized carbons (Fsp3) is 1.00. The summed E-state index contributed by atoms with van der Waals surface area (Å²) in [6, 6.07) is 0.425. The third-order valence-corrected chi connectivity index (χ3v) is 1.33. The summed E-state index contributed by atoms with van der Waals surface area (Å²) in [6.07, 6.45) is 2.45. The van der Waals surface area contributed by atoms with Gasteiger partial charge in [-0.3, -0.25) is 9.11 Å². The molecule has 5 N–H and O–H groups in total. The van der Waals surface area contributed by atoms with E-state index in [1.54, 1.807) is 0 Å². The summed E-state index contributed by atoms with van der Waals surface area (Å²) in [5.41, 5.74) is 5.57. The van der Waals surface area contributed by atoms with Gasteiger partial charge in [0.2, 0.25) is 0 Å². The van der Waals surface area contributed by atoms with E-state index in [-0.39, 0.29) is 0 Å². The van der Waals surface area contributed by atoms with Crippen molar-refractivity contribution in [2.45, 2.75) is 18.9 Å². The summed E-state index contributed by atoms with van der Waals surface area (Å²) in [6.45, 7) is 2.17. The second-order valence-corrected chi connectivity index (χ2v) is 3.45. The van der Waals surface area contributed by atoms with E-state index in [1.165, 1.54) is 12.8 Å². The Hall–Kier alpha value is -0.210. The van der Waals surface area contributed by atoms with Gasteiger partial charge in [-0.2, -0.15) is 8.42 Å². The summed E-state index contributed by atoms with van der Waals surface area (Å²) >= 11 is 0. The standard InChI is InChI=1S/C5H12N2.H2O4S/c6-5-2-1-3-7-4-5;1-5(2,3)4/h5,7H,1-4,6H2;(H2,1,2,3,4). The maximum absolute atomic E-state index is 8.74. The Morgan fingerprint density at radius 2 is 1.92 bits per heavy atom. The molecule has 1 aliphatic rings. The lowest BCUT2D eigenvalue weighted by Gasteiger charge is -2.17. The van der Waals surface area contributed by atoms with Crippen molar-refractivity contribution in [3.05, 3.63) is 0 Å². The van der Waals surface area contributed by atoms with Gasteiger partial charge in [0.1, 0.15) is 0 Å². The van der Waals surface area contributed by atoms with Crippen molar-refractivity contribution in [1.29, 1.82) is 0 Å². The number of nitrogens with one attached hydrogen (secondary N) is 1. The van der Waals surface area contributed by atoms with E-state index in [4.69, 9.17) is 23.3 Å². The first-order chi connectivity index (χ1) is 5.39. The third kappa shape index (κ3) is 12.5. The van der Waals surface area contributed by atoms with Gasteiger partial charge in [-0.05, 0) is 19.4 Å². The molecule has 74 valence electrons. The number of nitrogens with two attached hydrogens (primary N) is 1. The van der Waals surface area contributed by atoms with Crippen molar-refractivity contribution in [1.82, 2.24) is 5.32 Å². The second-order valence-electron chi connectivity index (χ2n) is 2.55. The summed E-state index contributed by atoms with van der Waals surface area (Å²) in [5, 5.41) is 3.21. The van der Waals surface area contributed by atoms with Crippen LogP contribution in [-0.2, 0) is 10.4 Å². The molecule has 1 aliphatic heterocycles. The first-order valence-corrected chi connectivity index (χ1v) is 4.95. The molecule has 0 aliphatic carbocycles. The molecule has 1 fully saturated rings. The Balaban J connectivity index is 0.000000217. The zero-order valence-corrected chi connectivity index (χ0v) is 7.42. The van der Waals surface area contributed by atoms with Crippen LogP contribution in [0.5, 0.6) is 0 Å². The average Bonchev–Trinajstić information content (AvgIpc) is 1.85. The van der Waals surface area contributed by atoms with Crippen molar-refractivity contribution >= 4 is 10.4 Å². The molecule has 0 spiro atoms. The third-order valence-electron chi connectivity index (χ3n) is 1.33. The minimum Gasteiger partial charge on any atom is -0.327 e. The number of hydrogen-bond donors (Lipinski definition) is 4. The van der Waals surface area contributed by atoms with Gasteiger partial charge in [0.15, 0.2) is 0 Å². The smallest absolute Gasteiger partial charge is 0.327 e. The first-order valence-electron chi connectivity index (χ1n) is 3.56. The molecule has 0 amide bonds. The molecule has 0 radical (unpaired) electrons. The molecule has 12 heavy (non-hydrogen) atoms. The van der Waals surface area contributed by atoms with Crippen molar-refractivity contribution in [2.24, 2.45) is 5.73 Å². The van der Waals surface area contributed by atoms with Crippen molar-refractivity contribution < 1.29 is 17.5 Å². The summed E-state index contributed by atoms with van der Waals surface area (Å²) < 4.78 is 31.6. The monoisotopic (exact) mass is 198 g/mol. The van der Waals surface area contributed by atoms with Gasteiger partial charge >= 0.3 is 10.4 Å². The Labute approximate surface area is 71.7 Å². The first kappa shape index (κ1) is 11.8. The highest BCUT2D eigenvalue weighted by molar-refractivity contribution is 7.79. The van der Waals surface area contributed by atoms with E-state index in [0.29, 0.717) is 6.04 Å². The molecule has 0 aromatic carbocycles. The van der Waals surface area contributed by atoms with Gasteiger partial charge in [0, 0.05) is 12.6 Å². The maximum atomic E-state index is 8.74. The molecular formula is C5H14N2O4S. The van der Waals surface area contributed by atoms with Gasteiger partial charge in [0.05, 0.1) is 0 Å². The Kier molecular flexibility index (Phi) is 5.34. The Morgan fingerprint density at radius 3 is 2.08 bits per heavy atom. The topological polar surface area (TPSA) is 113 Å². The van der Waals surface area contributed by atoms with Crippen molar-refractivity contribution in [3.8, 4) is 0 Å². The normalized spacial score (nSPS) is 24.1. The van der Waals surface area contributed by atoms with Crippen LogP contribution in [0.2, 0.25) is 0 Å². The molecular weight excluding hydrogens is 184 g/mol. The minimum absolute atomic E-state index is 0.425. The highest BCUT2D eigenvalue weighted by atomic mass is 32.3. The van der Waals surface area contributed by atoms with E-state index in [1.807, 2.05) is 0 Å². The molecule has 1 unspecified atom stereocenters. The molecule has 1 heterocycles. The molecule has 1 saturated heterocycles. The maximum Gasteiger partial charge on any atom is 0.394 e. The van der Waals surface area contributed by atoms with E-state index < -0.39 is 10.4 Å². The lowest BCUT2D eigenvalue weighted by Crippen LogP contribution is -2.39. The SMILES string of the molecule is NC1CCCNC1.O=S(=O)(O)O. The van der Waals surface area contributed by atoms with E-state index in [9.17, 15) is 0 Å². The summed E-state index contributed by atoms with van der Waals surface area (Å²) in [7, 11) is -4.67. The van der Waals surface area contributed by atoms with Crippen LogP contribution in [0.3, 0.4) is 0 Å². The lowest BCUT2D eigenvalue weighted by atomic mass is 10.1. The molecule has 7 heteroatoms. The van der Waals surface area contributed by atoms with Crippen LogP contribution in [0.25, 0.3) is 0 Å². The van der Waals surface area contributed by atoms with Crippen LogP contribution < -0.4 is 11.1 Å². The molecule has 6 nitrogen and oxygen atoms in total. The average molecular weight is 198 g/mol. The fourth-order valence-corrected chi connectivity index (χ4v) is 0.879. The van der Waals surface area contributed by atoms with Crippen LogP contribution in [0.1, 0.15) is 12.8 Å². The van der Waals surface area contributed by atoms with Crippen LogP contribution in [0, 0.1) is 0 Å². The minimum atomic E-state index is -4.67. The van der Waals surface area contributed by atoms with Gasteiger partial charge in [-0.15, -0.1) is 0 Å². The second kappa shape index (κ2) is 5.44. The number of piperidine rings is 1. The highest BCUT2D eigenvalue weighted by Crippen LogP contribution is 1.96. The molecule has 0 aromatic rings. The van der Waals surface area contributed by atoms with E-state index in [0.717, 1.165) is 13.1 Å². The zero-order chi connectivity index (χ0) is 9.61. The van der Waals surface area contributed by atoms with Crippen molar-refractivity contribution in [2.75, 3.05) is 13.1 Å². The van der Waals surface area contributed by atoms with Crippen LogP contribution in [0.15, 0.2) is 0 Å². The zero-order valence-electron chi connectivity index (χ0n) is 6.60. The van der Waals surface area contributed by atoms with Crippen LogP contribution >= 0.6 is 0 Å². The number of hydrogen-bond acceptors (Lipinski definition) is 4. The Bertz CT molecular complexity index is 189. The predicted molar refractivity (Wildman–Crippen MR) is 44.3 cm³/mol. The number of rotatable bonds is 0. The molecule has 0 bridgehead atoms. The van der Waals surface area contributed by atoms with E-state index >= 15 is 0 Å². The van der Waals surface area contributed by atoms with Crippen molar-refractivity contribution in [3.63, 3.8) is 0 Å². The van der Waals surface area contributed by atoms with Gasteiger partial charge in [0.25, 0.3) is 0 Å². The highest BCUT2D eigenvalue weighted by Gasteiger charge is 2.05. The quantitative estimate of drug-likeness (QED) is 0.373. The van der Waals surface area contributed by atoms with Gasteiger partial charge in [-0.25, -0.2) is 0 Å². The van der Waals surface area contributed by atoms with Crippen LogP contribution in [0.4, 0.5) is 0 Å². The van der Waals surface area contributed by atoms with Crippen LogP contribution in [-0.4, -0.2) is 36.7 Å². The predicted octanol–water partition coefficient (Wildman–Crippen LogP) is -0.956. The van der Waals surface area contributed by atoms with E-state index in [2.05, 4.69) is 5.32 Å². The lowest BCUT2D eigenvalue weighted by molar-refractivity contribution is 0.381. The molecule has 1 rings (SSSR count). The molecule has 1 atom stereocenters. The largest absolute Gasteiger partial charge is 0.394 e. The molecule has 0 saturated carbocycles. The summed E-state index contributed by atoms with van der Waals surface area (Å²) in [5.74, 6) is 0. The van der Waals surface area contributed by atoms with Gasteiger partial charge < -0.3 is 11.1 Å². The summed E-state index contributed by atoms with van der Waals surface area (Å²) in [4.78, 5) is 0. The fourth-order valence-electron chi connectivity index (χ4n) is 0.879.